The van der Waals surface area contributed by atoms with E-state index >= 15 is 0 Å². The maximum atomic E-state index is 13.1. The summed E-state index contributed by atoms with van der Waals surface area (Å²) in [5.41, 5.74) is -0.972. The molecule has 1 aromatic carbocycles. The van der Waals surface area contributed by atoms with Gasteiger partial charge in [-0.3, -0.25) is 9.69 Å². The second-order valence-corrected chi connectivity index (χ2v) is 7.79. The van der Waals surface area contributed by atoms with E-state index in [1.54, 1.807) is 19.1 Å². The van der Waals surface area contributed by atoms with E-state index in [0.717, 1.165) is 32.2 Å². The molecule has 2 aliphatic rings. The van der Waals surface area contributed by atoms with Crippen molar-refractivity contribution >= 4 is 11.9 Å². The molecule has 6 nitrogen and oxygen atoms in total. The molecule has 1 aliphatic heterocycles. The van der Waals surface area contributed by atoms with Crippen molar-refractivity contribution in [1.82, 2.24) is 4.90 Å². The highest BCUT2D eigenvalue weighted by Crippen LogP contribution is 2.41. The number of benzene rings is 1. The maximum Gasteiger partial charge on any atom is 0.343 e. The quantitative estimate of drug-likeness (QED) is 0.689. The van der Waals surface area contributed by atoms with Crippen molar-refractivity contribution in [3.8, 4) is 0 Å². The summed E-state index contributed by atoms with van der Waals surface area (Å²) in [6.07, 6.45) is 4.50. The molecule has 1 aromatic rings. The SMILES string of the molecule is CCOC(=O)CCN1CC[C@@H](OC(=O)[C@](O)(c2ccccc2)C2CCCC2)C1. The molecule has 0 spiro atoms. The van der Waals surface area contributed by atoms with Crippen LogP contribution in [-0.2, 0) is 24.7 Å². The van der Waals surface area contributed by atoms with Gasteiger partial charge in [0.2, 0.25) is 0 Å². The molecule has 0 aromatic heterocycles. The van der Waals surface area contributed by atoms with E-state index in [1.807, 2.05) is 18.2 Å². The molecular formula is C22H31NO5. The second kappa shape index (κ2) is 9.52. The van der Waals surface area contributed by atoms with E-state index < -0.39 is 11.6 Å². The number of rotatable bonds is 8. The Morgan fingerprint density at radius 1 is 1.18 bits per heavy atom. The molecule has 3 rings (SSSR count). The van der Waals surface area contributed by atoms with Crippen molar-refractivity contribution in [2.75, 3.05) is 26.2 Å². The van der Waals surface area contributed by atoms with Gasteiger partial charge in [0.05, 0.1) is 13.0 Å². The Labute approximate surface area is 166 Å². The molecule has 1 N–H and O–H groups in total. The van der Waals surface area contributed by atoms with Gasteiger partial charge in [-0.15, -0.1) is 0 Å². The van der Waals surface area contributed by atoms with E-state index in [1.165, 1.54) is 0 Å². The largest absolute Gasteiger partial charge is 0.466 e. The zero-order chi connectivity index (χ0) is 20.0. The smallest absolute Gasteiger partial charge is 0.343 e. The third-order valence-electron chi connectivity index (χ3n) is 5.91. The third-order valence-corrected chi connectivity index (χ3v) is 5.91. The van der Waals surface area contributed by atoms with E-state index in [2.05, 4.69) is 4.90 Å². The summed E-state index contributed by atoms with van der Waals surface area (Å²) in [5.74, 6) is -0.853. The lowest BCUT2D eigenvalue weighted by atomic mass is 9.80. The lowest BCUT2D eigenvalue weighted by Crippen LogP contribution is -2.45. The summed E-state index contributed by atoms with van der Waals surface area (Å²) >= 11 is 0. The molecule has 6 heteroatoms. The normalized spacial score (nSPS) is 22.7. The van der Waals surface area contributed by atoms with Gasteiger partial charge in [-0.2, -0.15) is 0 Å². The summed E-state index contributed by atoms with van der Waals surface area (Å²) in [6.45, 7) is 4.13. The molecule has 0 unspecified atom stereocenters. The van der Waals surface area contributed by atoms with E-state index in [4.69, 9.17) is 9.47 Å². The van der Waals surface area contributed by atoms with Crippen LogP contribution in [0.25, 0.3) is 0 Å². The van der Waals surface area contributed by atoms with Crippen LogP contribution in [-0.4, -0.2) is 54.3 Å². The second-order valence-electron chi connectivity index (χ2n) is 7.79. The number of carbonyl (C=O) groups excluding carboxylic acids is 2. The highest BCUT2D eigenvalue weighted by molar-refractivity contribution is 5.81. The third kappa shape index (κ3) is 4.73. The Hall–Kier alpha value is -1.92. The van der Waals surface area contributed by atoms with Crippen LogP contribution in [0.4, 0.5) is 0 Å². The first-order valence-corrected chi connectivity index (χ1v) is 10.4. The molecule has 1 saturated carbocycles. The van der Waals surface area contributed by atoms with Crippen molar-refractivity contribution in [3.05, 3.63) is 35.9 Å². The Balaban J connectivity index is 1.61. The molecule has 154 valence electrons. The van der Waals surface area contributed by atoms with Gasteiger partial charge in [0.15, 0.2) is 5.60 Å². The lowest BCUT2D eigenvalue weighted by Gasteiger charge is -2.33. The fourth-order valence-electron chi connectivity index (χ4n) is 4.38. The van der Waals surface area contributed by atoms with Gasteiger partial charge < -0.3 is 14.6 Å². The molecule has 1 saturated heterocycles. The number of hydrogen-bond acceptors (Lipinski definition) is 6. The van der Waals surface area contributed by atoms with Gasteiger partial charge in [0, 0.05) is 25.6 Å². The molecule has 2 fully saturated rings. The first-order chi connectivity index (χ1) is 13.5. The number of aliphatic hydroxyl groups is 1. The van der Waals surface area contributed by atoms with Gasteiger partial charge in [-0.1, -0.05) is 43.2 Å². The van der Waals surface area contributed by atoms with E-state index in [-0.39, 0.29) is 18.0 Å². The number of hydrogen-bond donors (Lipinski definition) is 1. The zero-order valence-electron chi connectivity index (χ0n) is 16.6. The fourth-order valence-corrected chi connectivity index (χ4v) is 4.38. The van der Waals surface area contributed by atoms with Gasteiger partial charge in [-0.25, -0.2) is 4.79 Å². The van der Waals surface area contributed by atoms with Crippen molar-refractivity contribution < 1.29 is 24.2 Å². The summed E-state index contributed by atoms with van der Waals surface area (Å²) in [7, 11) is 0. The van der Waals surface area contributed by atoms with Crippen LogP contribution < -0.4 is 0 Å². The van der Waals surface area contributed by atoms with E-state index in [9.17, 15) is 14.7 Å². The minimum Gasteiger partial charge on any atom is -0.466 e. The standard InChI is InChI=1S/C22H31NO5/c1-2-27-20(24)13-15-23-14-12-19(16-23)28-21(25)22(26,18-10-6-7-11-18)17-8-4-3-5-9-17/h3-5,8-9,18-19,26H,2,6-7,10-16H2,1H3/t19-,22+/m1/s1. The minimum absolute atomic E-state index is 0.108. The number of likely N-dealkylation sites (tertiary alicyclic amines) is 1. The van der Waals surface area contributed by atoms with Crippen molar-refractivity contribution in [1.29, 1.82) is 0 Å². The Kier molecular flexibility index (Phi) is 7.08. The summed E-state index contributed by atoms with van der Waals surface area (Å²) in [6, 6.07) is 9.17. The fraction of sp³-hybridized carbons (Fsp3) is 0.636. The summed E-state index contributed by atoms with van der Waals surface area (Å²) < 4.78 is 10.7. The van der Waals surface area contributed by atoms with Crippen LogP contribution in [0.3, 0.4) is 0 Å². The number of nitrogens with zero attached hydrogens (tertiary/aromatic N) is 1. The number of ether oxygens (including phenoxy) is 2. The molecular weight excluding hydrogens is 358 g/mol. The molecule has 2 atom stereocenters. The highest BCUT2D eigenvalue weighted by atomic mass is 16.6. The molecule has 0 radical (unpaired) electrons. The van der Waals surface area contributed by atoms with Crippen LogP contribution in [0.5, 0.6) is 0 Å². The molecule has 0 amide bonds. The lowest BCUT2D eigenvalue weighted by molar-refractivity contribution is -0.178. The Morgan fingerprint density at radius 2 is 1.89 bits per heavy atom. The zero-order valence-corrected chi connectivity index (χ0v) is 16.6. The summed E-state index contributed by atoms with van der Waals surface area (Å²) in [5, 5.41) is 11.5. The van der Waals surface area contributed by atoms with Crippen LogP contribution in [0.1, 0.15) is 51.0 Å². The molecule has 1 aliphatic carbocycles. The molecule has 1 heterocycles. The number of esters is 2. The van der Waals surface area contributed by atoms with Crippen LogP contribution >= 0.6 is 0 Å². The minimum atomic E-state index is -1.59. The van der Waals surface area contributed by atoms with Crippen molar-refractivity contribution in [2.45, 2.75) is 57.2 Å². The van der Waals surface area contributed by atoms with Crippen molar-refractivity contribution in [3.63, 3.8) is 0 Å². The topological polar surface area (TPSA) is 76.1 Å². The average molecular weight is 389 g/mol. The molecule has 28 heavy (non-hydrogen) atoms. The van der Waals surface area contributed by atoms with Crippen LogP contribution in [0, 0.1) is 5.92 Å². The summed E-state index contributed by atoms with van der Waals surface area (Å²) in [4.78, 5) is 26.7. The predicted octanol–water partition coefficient (Wildman–Crippen LogP) is 2.64. The average Bonchev–Trinajstić information content (AvgIpc) is 3.39. The van der Waals surface area contributed by atoms with Gasteiger partial charge in [0.1, 0.15) is 6.10 Å². The maximum absolute atomic E-state index is 13.1. The van der Waals surface area contributed by atoms with Crippen molar-refractivity contribution in [2.24, 2.45) is 5.92 Å². The highest BCUT2D eigenvalue weighted by Gasteiger charge is 2.48. The molecule has 0 bridgehead atoms. The van der Waals surface area contributed by atoms with Crippen LogP contribution in [0.15, 0.2) is 30.3 Å². The van der Waals surface area contributed by atoms with Gasteiger partial charge in [-0.05, 0) is 31.7 Å². The first-order valence-electron chi connectivity index (χ1n) is 10.4. The van der Waals surface area contributed by atoms with Gasteiger partial charge >= 0.3 is 11.9 Å². The predicted molar refractivity (Wildman–Crippen MR) is 104 cm³/mol. The first kappa shape index (κ1) is 20.8. The van der Waals surface area contributed by atoms with Crippen LogP contribution in [0.2, 0.25) is 0 Å². The van der Waals surface area contributed by atoms with Gasteiger partial charge in [0.25, 0.3) is 0 Å². The monoisotopic (exact) mass is 389 g/mol. The Morgan fingerprint density at radius 3 is 2.57 bits per heavy atom. The number of carbonyl (C=O) groups is 2. The Bertz CT molecular complexity index is 658. The van der Waals surface area contributed by atoms with E-state index in [0.29, 0.717) is 38.1 Å².